The average molecular weight is 604 g/mol. The van der Waals surface area contributed by atoms with Gasteiger partial charge in [-0.25, -0.2) is 4.68 Å². The Labute approximate surface area is 253 Å². The van der Waals surface area contributed by atoms with Crippen LogP contribution in [0.2, 0.25) is 10.0 Å². The number of hydrogen-bond donors (Lipinski definition) is 0. The number of nitrogens with zero attached hydrogens (tertiary/aromatic N) is 5. The molecule has 0 atom stereocenters. The molecule has 0 saturated carbocycles. The van der Waals surface area contributed by atoms with Crippen molar-refractivity contribution >= 4 is 29.1 Å². The largest absolute Gasteiger partial charge is 0.496 e. The summed E-state index contributed by atoms with van der Waals surface area (Å²) in [5, 5.41) is 15.3. The molecule has 9 nitrogen and oxygen atoms in total. The summed E-state index contributed by atoms with van der Waals surface area (Å²) in [6.07, 6.45) is 3.62. The molecule has 1 fully saturated rings. The number of hydrogen-bond acceptors (Lipinski definition) is 7. The number of benzene rings is 2. The van der Waals surface area contributed by atoms with Crippen LogP contribution in [0.25, 0.3) is 28.1 Å². The Morgan fingerprint density at radius 2 is 1.86 bits per heavy atom. The molecule has 11 heteroatoms. The molecule has 2 aromatic carbocycles. The van der Waals surface area contributed by atoms with Gasteiger partial charge < -0.3 is 19.1 Å². The molecule has 2 aliphatic heterocycles. The summed E-state index contributed by atoms with van der Waals surface area (Å²) in [4.78, 5) is 20.3. The van der Waals surface area contributed by atoms with Gasteiger partial charge in [0.1, 0.15) is 17.6 Å². The molecule has 4 heterocycles. The van der Waals surface area contributed by atoms with Crippen LogP contribution in [0, 0.1) is 11.3 Å². The fourth-order valence-corrected chi connectivity index (χ4v) is 6.03. The van der Waals surface area contributed by atoms with Gasteiger partial charge in [-0.15, -0.1) is 0 Å². The van der Waals surface area contributed by atoms with E-state index in [2.05, 4.69) is 11.1 Å². The van der Waals surface area contributed by atoms with Crippen LogP contribution in [0.15, 0.2) is 48.8 Å². The highest BCUT2D eigenvalue weighted by Gasteiger charge is 2.38. The van der Waals surface area contributed by atoms with Crippen molar-refractivity contribution in [1.82, 2.24) is 19.7 Å². The van der Waals surface area contributed by atoms with E-state index in [4.69, 9.17) is 42.5 Å². The molecule has 42 heavy (non-hydrogen) atoms. The van der Waals surface area contributed by atoms with Gasteiger partial charge in [0.05, 0.1) is 49.4 Å². The maximum atomic E-state index is 14.2. The van der Waals surface area contributed by atoms with Crippen molar-refractivity contribution in [3.63, 3.8) is 0 Å². The van der Waals surface area contributed by atoms with Gasteiger partial charge in [-0.05, 0) is 44.2 Å². The zero-order valence-electron chi connectivity index (χ0n) is 23.3. The van der Waals surface area contributed by atoms with Gasteiger partial charge in [0.15, 0.2) is 5.69 Å². The Hall–Kier alpha value is -4.10. The van der Waals surface area contributed by atoms with Crippen molar-refractivity contribution in [2.75, 3.05) is 33.5 Å². The highest BCUT2D eigenvalue weighted by atomic mass is 35.5. The summed E-state index contributed by atoms with van der Waals surface area (Å²) in [6.45, 7) is 5.62. The van der Waals surface area contributed by atoms with E-state index in [1.165, 1.54) is 6.20 Å². The predicted octanol–water partition coefficient (Wildman–Crippen LogP) is 5.97. The van der Waals surface area contributed by atoms with Gasteiger partial charge in [0, 0.05) is 63.7 Å². The molecule has 0 unspecified atom stereocenters. The predicted molar refractivity (Wildman–Crippen MR) is 159 cm³/mol. The summed E-state index contributed by atoms with van der Waals surface area (Å²) in [7, 11) is 1.58. The first-order valence-electron chi connectivity index (χ1n) is 13.4. The molecule has 0 aliphatic carbocycles. The van der Waals surface area contributed by atoms with E-state index in [9.17, 15) is 10.1 Å². The highest BCUT2D eigenvalue weighted by Crippen LogP contribution is 2.45. The third kappa shape index (κ3) is 4.96. The normalized spacial score (nSPS) is 15.6. The zero-order chi connectivity index (χ0) is 29.6. The number of carbonyl (C=O) groups is 1. The Balaban J connectivity index is 1.62. The summed E-state index contributed by atoms with van der Waals surface area (Å²) in [6, 6.07) is 12.8. The topological polar surface area (TPSA) is 103 Å². The van der Waals surface area contributed by atoms with Crippen LogP contribution >= 0.6 is 23.2 Å². The number of nitriles is 1. The minimum absolute atomic E-state index is 0.186. The van der Waals surface area contributed by atoms with Crippen molar-refractivity contribution in [1.29, 1.82) is 5.26 Å². The Kier molecular flexibility index (Phi) is 7.31. The first-order chi connectivity index (χ1) is 20.2. The van der Waals surface area contributed by atoms with E-state index in [1.807, 2.05) is 30.9 Å². The molecule has 0 spiro atoms. The Bertz CT molecular complexity index is 1740. The van der Waals surface area contributed by atoms with Crippen LogP contribution in [-0.2, 0) is 11.2 Å². The average Bonchev–Trinajstić information content (AvgIpc) is 3.25. The van der Waals surface area contributed by atoms with E-state index in [0.29, 0.717) is 93.7 Å². The summed E-state index contributed by atoms with van der Waals surface area (Å²) < 4.78 is 19.4. The molecule has 0 radical (unpaired) electrons. The molecule has 1 amide bonds. The summed E-state index contributed by atoms with van der Waals surface area (Å²) >= 11 is 12.9. The number of morpholine rings is 1. The van der Waals surface area contributed by atoms with Crippen LogP contribution in [0.3, 0.4) is 0 Å². The van der Waals surface area contributed by atoms with E-state index >= 15 is 0 Å². The molecule has 0 N–H and O–H groups in total. The number of aromatic nitrogens is 3. The summed E-state index contributed by atoms with van der Waals surface area (Å²) in [5.41, 5.74) is 4.37. The van der Waals surface area contributed by atoms with Crippen molar-refractivity contribution in [2.45, 2.75) is 25.8 Å². The highest BCUT2D eigenvalue weighted by molar-refractivity contribution is 6.34. The number of halogens is 2. The third-order valence-corrected chi connectivity index (χ3v) is 7.95. The van der Waals surface area contributed by atoms with Crippen molar-refractivity contribution in [3.8, 4) is 45.6 Å². The number of amides is 1. The van der Waals surface area contributed by atoms with Crippen molar-refractivity contribution in [3.05, 3.63) is 75.7 Å². The molecule has 4 aromatic rings. The van der Waals surface area contributed by atoms with Gasteiger partial charge in [-0.2, -0.15) is 10.4 Å². The van der Waals surface area contributed by atoms with Gasteiger partial charge in [-0.1, -0.05) is 23.2 Å². The monoisotopic (exact) mass is 603 g/mol. The lowest BCUT2D eigenvalue weighted by molar-refractivity contribution is -0.0373. The molecule has 214 valence electrons. The Morgan fingerprint density at radius 1 is 1.07 bits per heavy atom. The minimum atomic E-state index is -0.510. The molecule has 2 aromatic heterocycles. The maximum absolute atomic E-state index is 14.2. The summed E-state index contributed by atoms with van der Waals surface area (Å²) in [5.74, 6) is 0.936. The van der Waals surface area contributed by atoms with Gasteiger partial charge in [-0.3, -0.25) is 9.78 Å². The first kappa shape index (κ1) is 28.0. The second-order valence-corrected chi connectivity index (χ2v) is 11.6. The number of methoxy groups -OCH3 is 1. The van der Waals surface area contributed by atoms with Gasteiger partial charge >= 0.3 is 0 Å². The molecule has 2 aliphatic rings. The number of carbonyl (C=O) groups excluding carboxylic acids is 1. The Morgan fingerprint density at radius 3 is 2.57 bits per heavy atom. The lowest BCUT2D eigenvalue weighted by Gasteiger charge is -2.41. The molecule has 0 bridgehead atoms. The standard InChI is InChI=1S/C31H27Cl2N5O4/c1-31(2)17-41-7-5-37(31)30(39)28-23-4-6-42-27-13-26(40-3)24(19-8-18(14-34)15-35-16-19)12-25(27)29(23)38(36-28)22-10-20(32)9-21(33)11-22/h8-13,15-16H,4-7,17H2,1-3H3. The van der Waals surface area contributed by atoms with Gasteiger partial charge in [0.2, 0.25) is 0 Å². The SMILES string of the molecule is COc1cc2c(cc1-c1cncc(C#N)c1)-c1c(c(C(=O)N3CCOCC3(C)C)nn1-c1cc(Cl)cc(Cl)c1)CCO2. The fraction of sp³-hybridized carbons (Fsp3) is 0.290. The number of rotatable bonds is 4. The number of fused-ring (bicyclic) bond motifs is 3. The lowest BCUT2D eigenvalue weighted by atomic mass is 9.96. The molecule has 1 saturated heterocycles. The van der Waals surface area contributed by atoms with E-state index in [0.717, 1.165) is 5.56 Å². The second kappa shape index (κ2) is 11.0. The van der Waals surface area contributed by atoms with E-state index in [1.54, 1.807) is 42.3 Å². The van der Waals surface area contributed by atoms with Crippen LogP contribution in [0.1, 0.15) is 35.5 Å². The van der Waals surface area contributed by atoms with Crippen LogP contribution in [0.5, 0.6) is 11.5 Å². The quantitative estimate of drug-likeness (QED) is 0.283. The van der Waals surface area contributed by atoms with E-state index in [-0.39, 0.29) is 5.91 Å². The van der Waals surface area contributed by atoms with Gasteiger partial charge in [0.25, 0.3) is 5.91 Å². The smallest absolute Gasteiger partial charge is 0.275 e. The van der Waals surface area contributed by atoms with Crippen LogP contribution < -0.4 is 9.47 Å². The molecular formula is C31H27Cl2N5O4. The molecular weight excluding hydrogens is 577 g/mol. The number of pyridine rings is 1. The lowest BCUT2D eigenvalue weighted by Crippen LogP contribution is -2.55. The third-order valence-electron chi connectivity index (χ3n) is 7.51. The molecule has 6 rings (SSSR count). The second-order valence-electron chi connectivity index (χ2n) is 10.8. The van der Waals surface area contributed by atoms with Crippen molar-refractivity contribution < 1.29 is 19.0 Å². The van der Waals surface area contributed by atoms with E-state index < -0.39 is 5.54 Å². The van der Waals surface area contributed by atoms with Crippen molar-refractivity contribution in [2.24, 2.45) is 0 Å². The number of ether oxygens (including phenoxy) is 3. The minimum Gasteiger partial charge on any atom is -0.496 e. The fourth-order valence-electron chi connectivity index (χ4n) is 5.52. The maximum Gasteiger partial charge on any atom is 0.275 e. The van der Waals surface area contributed by atoms with Crippen LogP contribution in [0.4, 0.5) is 0 Å². The zero-order valence-corrected chi connectivity index (χ0v) is 24.8. The van der Waals surface area contributed by atoms with Crippen LogP contribution in [-0.4, -0.2) is 64.6 Å². The first-order valence-corrected chi connectivity index (χ1v) is 14.1.